The quantitative estimate of drug-likeness (QED) is 0.0237. The Hall–Kier alpha value is -6.26. The summed E-state index contributed by atoms with van der Waals surface area (Å²) in [6.07, 6.45) is 5.38. The van der Waals surface area contributed by atoms with Gasteiger partial charge in [0.05, 0.1) is 117 Å². The van der Waals surface area contributed by atoms with Crippen molar-refractivity contribution in [3.05, 3.63) is 47.8 Å². The van der Waals surface area contributed by atoms with Crippen LogP contribution in [0.15, 0.2) is 41.8 Å². The van der Waals surface area contributed by atoms with Crippen molar-refractivity contribution in [1.29, 1.82) is 0 Å². The second kappa shape index (κ2) is 45.1. The van der Waals surface area contributed by atoms with Crippen LogP contribution in [0.3, 0.4) is 0 Å². The van der Waals surface area contributed by atoms with E-state index in [2.05, 4.69) is 48.4 Å². The number of amides is 6. The third-order valence-corrected chi connectivity index (χ3v) is 12.4. The lowest BCUT2D eigenvalue weighted by molar-refractivity contribution is -0.154. The highest BCUT2D eigenvalue weighted by atomic mass is 32.2. The van der Waals surface area contributed by atoms with Gasteiger partial charge in [0.25, 0.3) is 0 Å². The van der Waals surface area contributed by atoms with E-state index < -0.39 is 63.4 Å². The molecule has 1 aromatic carbocycles. The highest BCUT2D eigenvalue weighted by Gasteiger charge is 2.30. The number of unbranched alkanes of at least 4 members (excludes halogenated alkanes) is 1. The standard InChI is InChI=1S/C57H90N8O19S/c1-43(2)48(52(69)65-49(12-10-18-61-55(58)72)53(70)64-46-16-14-44(15-17-46)40-84-54(71)57(3,4)5)37-47(66)41-83-42-51(68)60-20-22-76-24-26-78-28-30-80-32-34-82-36-35-81-33-31-79-29-27-77-25-23-75-21-19-59-50(67)13-9-7-8-11-45-38-62-56(63-39-45)85(6,73)74/h14-17,38-39,43,48-49H,7,9-10,12-13,18-37,40-42H2,1-6H3,(H,59,67)(H,60,68)(H,64,70)(H,65,69)(H3,58,61,72)/t48-,49-/m0/s1. The molecule has 2 rings (SSSR count). The Balaban J connectivity index is 1.40. The minimum absolute atomic E-state index is 0.0592. The van der Waals surface area contributed by atoms with Crippen LogP contribution in [0, 0.1) is 29.1 Å². The fourth-order valence-corrected chi connectivity index (χ4v) is 7.41. The predicted molar refractivity (Wildman–Crippen MR) is 310 cm³/mol. The van der Waals surface area contributed by atoms with Gasteiger partial charge in [-0.3, -0.25) is 28.8 Å². The number of ketones is 1. The minimum atomic E-state index is -3.46. The van der Waals surface area contributed by atoms with Gasteiger partial charge in [-0.2, -0.15) is 0 Å². The lowest BCUT2D eigenvalue weighted by Gasteiger charge is -2.24. The summed E-state index contributed by atoms with van der Waals surface area (Å²) in [4.78, 5) is 95.1. The van der Waals surface area contributed by atoms with Gasteiger partial charge in [0.15, 0.2) is 5.78 Å². The minimum Gasteiger partial charge on any atom is -0.460 e. The summed E-state index contributed by atoms with van der Waals surface area (Å²) in [6, 6.07) is 4.94. The lowest BCUT2D eigenvalue weighted by Crippen LogP contribution is -2.47. The van der Waals surface area contributed by atoms with Crippen molar-refractivity contribution in [2.75, 3.05) is 150 Å². The van der Waals surface area contributed by atoms with E-state index in [1.807, 2.05) is 0 Å². The van der Waals surface area contributed by atoms with Gasteiger partial charge in [-0.05, 0) is 63.6 Å². The van der Waals surface area contributed by atoms with Gasteiger partial charge < -0.3 is 79.7 Å². The Morgan fingerprint density at radius 3 is 1.59 bits per heavy atom. The van der Waals surface area contributed by atoms with Crippen LogP contribution < -0.4 is 32.3 Å². The van der Waals surface area contributed by atoms with Gasteiger partial charge >= 0.3 is 12.0 Å². The van der Waals surface area contributed by atoms with E-state index in [-0.39, 0.29) is 68.7 Å². The average molecular weight is 1220 g/mol. The number of esters is 1. The van der Waals surface area contributed by atoms with Crippen molar-refractivity contribution in [1.82, 2.24) is 31.2 Å². The Morgan fingerprint density at radius 2 is 1.12 bits per heavy atom. The molecule has 1 aromatic heterocycles. The molecule has 2 aromatic rings. The molecule has 0 bridgehead atoms. The molecule has 85 heavy (non-hydrogen) atoms. The Kier molecular flexibility index (Phi) is 39.7. The van der Waals surface area contributed by atoms with E-state index in [9.17, 15) is 42.0 Å². The summed E-state index contributed by atoms with van der Waals surface area (Å²) >= 11 is 0. The zero-order valence-corrected chi connectivity index (χ0v) is 50.9. The molecule has 0 aliphatic rings. The molecule has 0 spiro atoms. The molecule has 7 N–H and O–H groups in total. The third kappa shape index (κ3) is 39.1. The van der Waals surface area contributed by atoms with Crippen LogP contribution in [-0.4, -0.2) is 211 Å². The van der Waals surface area contributed by atoms with E-state index in [0.717, 1.165) is 6.26 Å². The normalized spacial score (nSPS) is 12.1. The fraction of sp³-hybridized carbons (Fsp3) is 0.667. The number of ether oxygens (including phenoxy) is 10. The van der Waals surface area contributed by atoms with E-state index in [4.69, 9.17) is 53.1 Å². The van der Waals surface area contributed by atoms with Crippen LogP contribution in [-0.2, 0) is 92.6 Å². The fourth-order valence-electron chi connectivity index (χ4n) is 6.92. The number of nitrogens with two attached hydrogens (primary N) is 1. The zero-order valence-electron chi connectivity index (χ0n) is 50.1. The molecule has 0 fully saturated rings. The SMILES string of the molecule is CC(C)[C@H](CC(=O)COCC(=O)NCCOCCOCCOCCOCCOCCOCCOCCOCCNC(=O)CCCC#Cc1cnc(S(C)(=O)=O)nc1)C(=O)N[C@@H](CCCNC(N)=O)C(=O)Nc1ccc(COC(=O)C(C)(C)C)cc1. The van der Waals surface area contributed by atoms with Crippen molar-refractivity contribution in [2.24, 2.45) is 23.0 Å². The topological polar surface area (TPSA) is 358 Å². The van der Waals surface area contributed by atoms with Gasteiger partial charge in [0, 0.05) is 69.2 Å². The maximum Gasteiger partial charge on any atom is 0.312 e. The molecule has 0 aliphatic carbocycles. The van der Waals surface area contributed by atoms with E-state index in [1.54, 1.807) is 58.9 Å². The number of sulfone groups is 1. The molecule has 478 valence electrons. The zero-order chi connectivity index (χ0) is 62.6. The summed E-state index contributed by atoms with van der Waals surface area (Å²) in [6.45, 7) is 14.9. The summed E-state index contributed by atoms with van der Waals surface area (Å²) in [7, 11) is -3.46. The van der Waals surface area contributed by atoms with Crippen molar-refractivity contribution in [3.63, 3.8) is 0 Å². The number of aromatic nitrogens is 2. The molecule has 0 unspecified atom stereocenters. The van der Waals surface area contributed by atoms with Gasteiger partial charge in [0.1, 0.15) is 25.9 Å². The number of hydrogen-bond donors (Lipinski definition) is 6. The van der Waals surface area contributed by atoms with E-state index >= 15 is 0 Å². The molecule has 0 aliphatic heterocycles. The van der Waals surface area contributed by atoms with Crippen molar-refractivity contribution < 1.29 is 89.3 Å². The Morgan fingerprint density at radius 1 is 0.624 bits per heavy atom. The maximum absolute atomic E-state index is 13.6. The highest BCUT2D eigenvalue weighted by molar-refractivity contribution is 7.90. The Bertz CT molecular complexity index is 2440. The molecular formula is C57H90N8O19S. The Labute approximate surface area is 499 Å². The summed E-state index contributed by atoms with van der Waals surface area (Å²) in [5.41, 5.74) is 6.17. The maximum atomic E-state index is 13.6. The van der Waals surface area contributed by atoms with Gasteiger partial charge in [0.2, 0.25) is 38.6 Å². The first-order valence-corrected chi connectivity index (χ1v) is 30.2. The number of primary amides is 1. The van der Waals surface area contributed by atoms with Crippen LogP contribution in [0.5, 0.6) is 0 Å². The molecule has 0 saturated carbocycles. The van der Waals surface area contributed by atoms with Crippen LogP contribution in [0.1, 0.15) is 84.3 Å². The number of Topliss-reactive ketones (excluding diaryl/α,β-unsaturated/α-hetero) is 1. The highest BCUT2D eigenvalue weighted by Crippen LogP contribution is 2.20. The second-order valence-electron chi connectivity index (χ2n) is 20.4. The molecule has 0 saturated heterocycles. The van der Waals surface area contributed by atoms with Crippen molar-refractivity contribution >= 4 is 56.9 Å². The summed E-state index contributed by atoms with van der Waals surface area (Å²) in [5, 5.41) is 13.2. The monoisotopic (exact) mass is 1220 g/mol. The number of urea groups is 1. The number of hydrogen-bond acceptors (Lipinski definition) is 21. The van der Waals surface area contributed by atoms with Gasteiger partial charge in [-0.15, -0.1) is 0 Å². The number of rotatable bonds is 48. The third-order valence-electron chi connectivity index (χ3n) is 11.5. The number of carbonyl (C=O) groups is 7. The molecule has 2 atom stereocenters. The first-order chi connectivity index (χ1) is 40.6. The first-order valence-electron chi connectivity index (χ1n) is 28.3. The second-order valence-corrected chi connectivity index (χ2v) is 22.3. The number of nitrogens with zero attached hydrogens (tertiary/aromatic N) is 2. The molecule has 27 nitrogen and oxygen atoms in total. The van der Waals surface area contributed by atoms with Crippen LogP contribution in [0.25, 0.3) is 0 Å². The van der Waals surface area contributed by atoms with Crippen molar-refractivity contribution in [3.8, 4) is 11.8 Å². The van der Waals surface area contributed by atoms with Crippen LogP contribution >= 0.6 is 0 Å². The largest absolute Gasteiger partial charge is 0.460 e. The predicted octanol–water partition coefficient (Wildman–Crippen LogP) is 1.68. The van der Waals surface area contributed by atoms with E-state index in [1.165, 1.54) is 12.4 Å². The van der Waals surface area contributed by atoms with Crippen LogP contribution in [0.4, 0.5) is 10.5 Å². The van der Waals surface area contributed by atoms with Gasteiger partial charge in [-0.1, -0.05) is 37.8 Å². The van der Waals surface area contributed by atoms with Crippen molar-refractivity contribution in [2.45, 2.75) is 90.9 Å². The lowest BCUT2D eigenvalue weighted by atomic mass is 9.89. The number of nitrogens with one attached hydrogen (secondary N) is 5. The summed E-state index contributed by atoms with van der Waals surface area (Å²) in [5.74, 6) is 2.32. The molecule has 6 amide bonds. The first kappa shape index (κ1) is 74.8. The number of carbonyl (C=O) groups excluding carboxylic acids is 7. The summed E-state index contributed by atoms with van der Waals surface area (Å²) < 4.78 is 77.5. The van der Waals surface area contributed by atoms with E-state index in [0.29, 0.717) is 148 Å². The smallest absolute Gasteiger partial charge is 0.312 e. The number of benzene rings is 1. The van der Waals surface area contributed by atoms with Crippen LogP contribution in [0.2, 0.25) is 0 Å². The molecule has 0 radical (unpaired) electrons. The van der Waals surface area contributed by atoms with Gasteiger partial charge in [-0.25, -0.2) is 23.2 Å². The molecule has 1 heterocycles. The average Bonchev–Trinajstić information content (AvgIpc) is 3.66. The molecular weight excluding hydrogens is 1130 g/mol. The molecule has 28 heteroatoms. The number of anilines is 1.